The number of rotatable bonds is 29. The van der Waals surface area contributed by atoms with Gasteiger partial charge in [-0.1, -0.05) is 76.1 Å². The lowest BCUT2D eigenvalue weighted by atomic mass is 9.98. The molecule has 7 atom stereocenters. The molecule has 2 aromatic carbocycles. The van der Waals surface area contributed by atoms with Crippen molar-refractivity contribution in [3.8, 4) is 5.75 Å². The summed E-state index contributed by atoms with van der Waals surface area (Å²) in [5.41, 5.74) is 24.4. The number of H-pyrrole nitrogens is 1. The van der Waals surface area contributed by atoms with E-state index in [1.807, 2.05) is 39.0 Å². The van der Waals surface area contributed by atoms with Gasteiger partial charge in [0.2, 0.25) is 47.3 Å². The van der Waals surface area contributed by atoms with Crippen LogP contribution in [0.5, 0.6) is 5.75 Å². The van der Waals surface area contributed by atoms with Gasteiger partial charge >= 0.3 is 0 Å². The Morgan fingerprint density at radius 1 is 0.808 bits per heavy atom. The summed E-state index contributed by atoms with van der Waals surface area (Å²) in [5.74, 6) is -5.37. The van der Waals surface area contributed by atoms with Crippen LogP contribution < -0.4 is 49.5 Å². The van der Waals surface area contributed by atoms with Crippen LogP contribution in [0, 0.1) is 5.92 Å². The number of carbonyl (C=O) groups is 8. The molecule has 0 spiro atoms. The maximum atomic E-state index is 14.6. The Morgan fingerprint density at radius 2 is 1.45 bits per heavy atom. The first-order valence-corrected chi connectivity index (χ1v) is 24.7. The topological polar surface area (TPSA) is 369 Å². The molecule has 0 saturated carbocycles. The molecule has 23 nitrogen and oxygen atoms in total. The van der Waals surface area contributed by atoms with E-state index >= 15 is 0 Å². The number of aromatic nitrogens is 2. The largest absolute Gasteiger partial charge is 0.508 e. The summed E-state index contributed by atoms with van der Waals surface area (Å²) < 4.78 is 0. The minimum Gasteiger partial charge on any atom is -0.508 e. The fourth-order valence-electron chi connectivity index (χ4n) is 8.47. The molecule has 0 bridgehead atoms. The highest BCUT2D eigenvalue weighted by Crippen LogP contribution is 2.21. The number of nitrogens with zero attached hydrogens (tertiary/aromatic N) is 4. The summed E-state index contributed by atoms with van der Waals surface area (Å²) in [6, 6.07) is 7.43. The molecule has 2 heterocycles. The molecule has 1 aliphatic rings. The van der Waals surface area contributed by atoms with Gasteiger partial charge < -0.3 is 69.4 Å². The number of aromatic amines is 1. The Labute approximate surface area is 425 Å². The molecule has 15 N–H and O–H groups in total. The van der Waals surface area contributed by atoms with Gasteiger partial charge in [0, 0.05) is 44.9 Å². The van der Waals surface area contributed by atoms with E-state index in [2.05, 4.69) is 41.5 Å². The first-order valence-electron chi connectivity index (χ1n) is 24.7. The first-order chi connectivity index (χ1) is 34.8. The highest BCUT2D eigenvalue weighted by molar-refractivity contribution is 5.98. The maximum Gasteiger partial charge on any atom is 0.246 e. The number of aliphatic imine (C=N–C) groups is 1. The van der Waals surface area contributed by atoms with Crippen LogP contribution in [0.3, 0.4) is 0 Å². The molecule has 1 fully saturated rings. The fraction of sp³-hybridized carbons (Fsp3) is 0.520. The number of guanidine groups is 1. The number of hydrogen-bond donors (Lipinski definition) is 11. The number of unbranched alkanes of at least 4 members (excludes halogenated alkanes) is 1. The van der Waals surface area contributed by atoms with Crippen molar-refractivity contribution >= 4 is 53.2 Å². The van der Waals surface area contributed by atoms with Crippen LogP contribution in [0.15, 0.2) is 72.1 Å². The Hall–Kier alpha value is -7.56. The van der Waals surface area contributed by atoms with Crippen molar-refractivity contribution in [3.63, 3.8) is 0 Å². The lowest BCUT2D eigenvalue weighted by Gasteiger charge is -2.33. The standard InChI is InChI=1S/C50H74N14O9/c1-5-6-14-37(60-47(71)41(23-30(2)3)63(4)48(72)38(25-31-12-8-7-9-13-31)61-43(67)35(51)24-32-17-19-34(65)20-18-32)45(69)62-39(26-33-27-55-29-58-33)49(73)64-22-11-16-40(64)46(70)59-36(15-10-21-56-50(53)54)44(68)57-28-42(52)66/h7-9,12-13,17-20,27,29-30,35-41,65H,5-6,10-11,14-16,21-26,28,51H2,1-4H3,(H2,52,66)(H,55,58)(H,57,68)(H,59,70)(H,60,71)(H,61,67)(H,62,69)(H4,53,54,56)/t35-,36-,37-,38-,39-,40-,41-/m0/s1. The molecule has 0 aliphatic carbocycles. The quantitative estimate of drug-likeness (QED) is 0.0229. The van der Waals surface area contributed by atoms with Crippen molar-refractivity contribution in [2.75, 3.05) is 26.7 Å². The first kappa shape index (κ1) is 58.0. The number of aromatic hydroxyl groups is 1. The summed E-state index contributed by atoms with van der Waals surface area (Å²) in [6.45, 7) is 5.53. The Kier molecular flexibility index (Phi) is 23.1. The average Bonchev–Trinajstić information content (AvgIpc) is 4.08. The molecule has 73 heavy (non-hydrogen) atoms. The predicted molar refractivity (Wildman–Crippen MR) is 272 cm³/mol. The third-order valence-corrected chi connectivity index (χ3v) is 12.4. The molecule has 3 aromatic rings. The number of primary amides is 1. The molecular weight excluding hydrogens is 941 g/mol. The Bertz CT molecular complexity index is 2330. The van der Waals surface area contributed by atoms with Crippen LogP contribution in [0.4, 0.5) is 0 Å². The highest BCUT2D eigenvalue weighted by atomic mass is 16.3. The van der Waals surface area contributed by atoms with Crippen LogP contribution in [0.1, 0.15) is 89.0 Å². The SMILES string of the molecule is CCCC[C@H](NC(=O)[C@H](CC(C)C)N(C)C(=O)[C@H](Cc1ccccc1)NC(=O)[C@@H](N)Cc1ccc(O)cc1)C(=O)N[C@@H](Cc1cnc[nH]1)C(=O)N1CCC[C@H]1C(=O)N[C@@H](CCCN=C(N)N)C(=O)NCC(N)=O. The third-order valence-electron chi connectivity index (χ3n) is 12.4. The van der Waals surface area contributed by atoms with Gasteiger partial charge in [-0.05, 0) is 74.1 Å². The van der Waals surface area contributed by atoms with Crippen LogP contribution in [-0.2, 0) is 57.6 Å². The van der Waals surface area contributed by atoms with E-state index in [0.29, 0.717) is 30.5 Å². The molecule has 1 aromatic heterocycles. The van der Waals surface area contributed by atoms with Crippen LogP contribution in [-0.4, -0.2) is 147 Å². The van der Waals surface area contributed by atoms with Gasteiger partial charge in [-0.3, -0.25) is 43.3 Å². The van der Waals surface area contributed by atoms with E-state index in [0.717, 1.165) is 5.56 Å². The van der Waals surface area contributed by atoms with E-state index in [9.17, 15) is 43.5 Å². The van der Waals surface area contributed by atoms with E-state index in [1.54, 1.807) is 24.3 Å². The van der Waals surface area contributed by atoms with E-state index in [-0.39, 0.29) is 82.1 Å². The summed E-state index contributed by atoms with van der Waals surface area (Å²) in [7, 11) is 1.47. The number of carbonyl (C=O) groups excluding carboxylic acids is 8. The van der Waals surface area contributed by atoms with Gasteiger partial charge in [-0.2, -0.15) is 0 Å². The predicted octanol–water partition coefficient (Wildman–Crippen LogP) is -0.881. The summed E-state index contributed by atoms with van der Waals surface area (Å²) >= 11 is 0. The zero-order valence-electron chi connectivity index (χ0n) is 42.2. The second-order valence-electron chi connectivity index (χ2n) is 18.8. The molecule has 398 valence electrons. The second-order valence-corrected chi connectivity index (χ2v) is 18.8. The molecule has 4 rings (SSSR count). The zero-order valence-corrected chi connectivity index (χ0v) is 42.2. The Balaban J connectivity index is 1.56. The van der Waals surface area contributed by atoms with Crippen molar-refractivity contribution in [3.05, 3.63) is 83.9 Å². The minimum absolute atomic E-state index is 0.0603. The van der Waals surface area contributed by atoms with E-state index in [4.69, 9.17) is 22.9 Å². The average molecular weight is 1020 g/mol. The van der Waals surface area contributed by atoms with Crippen molar-refractivity contribution < 1.29 is 43.5 Å². The van der Waals surface area contributed by atoms with Crippen molar-refractivity contribution in [1.82, 2.24) is 46.4 Å². The van der Waals surface area contributed by atoms with Crippen LogP contribution >= 0.6 is 0 Å². The molecule has 23 heteroatoms. The van der Waals surface area contributed by atoms with Gasteiger partial charge in [0.25, 0.3) is 0 Å². The zero-order chi connectivity index (χ0) is 53.6. The van der Waals surface area contributed by atoms with Crippen LogP contribution in [0.2, 0.25) is 0 Å². The van der Waals surface area contributed by atoms with Crippen molar-refractivity contribution in [2.24, 2.45) is 33.8 Å². The third kappa shape index (κ3) is 18.9. The molecule has 1 aliphatic heterocycles. The van der Waals surface area contributed by atoms with Gasteiger partial charge in [0.05, 0.1) is 18.9 Å². The molecule has 1 saturated heterocycles. The molecule has 8 amide bonds. The van der Waals surface area contributed by atoms with Gasteiger partial charge in [-0.15, -0.1) is 0 Å². The number of benzene rings is 2. The number of nitrogens with two attached hydrogens (primary N) is 4. The molecule has 0 unspecified atom stereocenters. The number of nitrogens with one attached hydrogen (secondary N) is 6. The molecular formula is C50H74N14O9. The van der Waals surface area contributed by atoms with Crippen molar-refractivity contribution in [2.45, 2.75) is 134 Å². The number of imidazole rings is 1. The number of likely N-dealkylation sites (tertiary alicyclic amines) is 1. The summed E-state index contributed by atoms with van der Waals surface area (Å²) in [5, 5.41) is 23.4. The summed E-state index contributed by atoms with van der Waals surface area (Å²) in [6.07, 6.45) is 5.62. The molecule has 0 radical (unpaired) electrons. The van der Waals surface area contributed by atoms with Crippen LogP contribution in [0.25, 0.3) is 0 Å². The maximum absolute atomic E-state index is 14.6. The number of phenols is 1. The lowest BCUT2D eigenvalue weighted by molar-refractivity contribution is -0.144. The number of hydrogen-bond acceptors (Lipinski definition) is 12. The van der Waals surface area contributed by atoms with E-state index in [1.165, 1.54) is 41.5 Å². The van der Waals surface area contributed by atoms with Crippen molar-refractivity contribution in [1.29, 1.82) is 0 Å². The normalized spacial score (nSPS) is 15.6. The number of phenolic OH excluding ortho intramolecular Hbond substituents is 1. The monoisotopic (exact) mass is 1010 g/mol. The highest BCUT2D eigenvalue weighted by Gasteiger charge is 2.41. The van der Waals surface area contributed by atoms with E-state index < -0.39 is 96.1 Å². The van der Waals surface area contributed by atoms with Gasteiger partial charge in [-0.25, -0.2) is 4.98 Å². The minimum atomic E-state index is -1.25. The number of likely N-dealkylation sites (N-methyl/N-ethyl adjacent to an activating group) is 1. The van der Waals surface area contributed by atoms with Gasteiger partial charge in [0.15, 0.2) is 5.96 Å². The second kappa shape index (κ2) is 29.1. The lowest BCUT2D eigenvalue weighted by Crippen LogP contribution is -2.60. The van der Waals surface area contributed by atoms with Gasteiger partial charge in [0.1, 0.15) is 42.0 Å². The number of amides is 8. The smallest absolute Gasteiger partial charge is 0.246 e. The fourth-order valence-corrected chi connectivity index (χ4v) is 8.47. The summed E-state index contributed by atoms with van der Waals surface area (Å²) in [4.78, 5) is 124. The Morgan fingerprint density at radius 3 is 2.08 bits per heavy atom.